The SMILES string of the molecule is Cc1ccc(C(=O)NC(c2ccc(F)cc2)c2cccs2)c(=O)[nH]1. The summed E-state index contributed by atoms with van der Waals surface area (Å²) in [7, 11) is 0. The minimum absolute atomic E-state index is 0.0456. The molecule has 0 fully saturated rings. The van der Waals surface area contributed by atoms with Gasteiger partial charge in [0.05, 0.1) is 6.04 Å². The monoisotopic (exact) mass is 342 g/mol. The second kappa shape index (κ2) is 6.80. The highest BCUT2D eigenvalue weighted by Gasteiger charge is 2.20. The second-order valence-corrected chi connectivity index (χ2v) is 6.34. The number of hydrogen-bond acceptors (Lipinski definition) is 3. The molecule has 0 saturated carbocycles. The van der Waals surface area contributed by atoms with Crippen molar-refractivity contribution in [2.75, 3.05) is 0 Å². The number of halogens is 1. The molecular weight excluding hydrogens is 327 g/mol. The largest absolute Gasteiger partial charge is 0.340 e. The third-order valence-corrected chi connectivity index (χ3v) is 4.54. The number of carbonyl (C=O) groups excluding carboxylic acids is 1. The van der Waals surface area contributed by atoms with Crippen molar-refractivity contribution in [1.29, 1.82) is 0 Å². The average molecular weight is 342 g/mol. The molecule has 0 spiro atoms. The molecule has 3 aromatic rings. The molecule has 3 rings (SSSR count). The number of hydrogen-bond donors (Lipinski definition) is 2. The highest BCUT2D eigenvalue weighted by molar-refractivity contribution is 7.10. The first kappa shape index (κ1) is 16.1. The molecule has 0 aliphatic rings. The summed E-state index contributed by atoms with van der Waals surface area (Å²) in [6.45, 7) is 1.75. The Kier molecular flexibility index (Phi) is 4.57. The summed E-state index contributed by atoms with van der Waals surface area (Å²) in [6.07, 6.45) is 0. The van der Waals surface area contributed by atoms with Crippen molar-refractivity contribution in [1.82, 2.24) is 10.3 Å². The summed E-state index contributed by atoms with van der Waals surface area (Å²) in [5.74, 6) is -0.816. The number of rotatable bonds is 4. The zero-order valence-electron chi connectivity index (χ0n) is 12.9. The molecule has 0 saturated heterocycles. The van der Waals surface area contributed by atoms with Crippen LogP contribution in [0.15, 0.2) is 58.7 Å². The lowest BCUT2D eigenvalue weighted by Crippen LogP contribution is -2.33. The van der Waals surface area contributed by atoms with Crippen LogP contribution in [0.2, 0.25) is 0 Å². The van der Waals surface area contributed by atoms with Crippen molar-refractivity contribution in [3.05, 3.63) is 91.8 Å². The maximum absolute atomic E-state index is 13.2. The van der Waals surface area contributed by atoms with Gasteiger partial charge in [-0.2, -0.15) is 0 Å². The first-order valence-corrected chi connectivity index (χ1v) is 8.22. The minimum Gasteiger partial charge on any atom is -0.340 e. The number of amides is 1. The third-order valence-electron chi connectivity index (χ3n) is 3.61. The van der Waals surface area contributed by atoms with Gasteiger partial charge >= 0.3 is 0 Å². The summed E-state index contributed by atoms with van der Waals surface area (Å²) in [4.78, 5) is 28.0. The Morgan fingerprint density at radius 3 is 2.54 bits per heavy atom. The van der Waals surface area contributed by atoms with Crippen LogP contribution >= 0.6 is 11.3 Å². The van der Waals surface area contributed by atoms with Crippen molar-refractivity contribution in [2.24, 2.45) is 0 Å². The highest BCUT2D eigenvalue weighted by atomic mass is 32.1. The Hall–Kier alpha value is -2.73. The van der Waals surface area contributed by atoms with Crippen molar-refractivity contribution in [2.45, 2.75) is 13.0 Å². The molecule has 1 amide bonds. The molecule has 2 N–H and O–H groups in total. The summed E-state index contributed by atoms with van der Waals surface area (Å²) < 4.78 is 13.2. The number of pyridine rings is 1. The normalized spacial score (nSPS) is 11.9. The van der Waals surface area contributed by atoms with E-state index >= 15 is 0 Å². The number of aromatic nitrogens is 1. The van der Waals surface area contributed by atoms with Gasteiger partial charge in [0.1, 0.15) is 11.4 Å². The van der Waals surface area contributed by atoms with Gasteiger partial charge in [0.25, 0.3) is 11.5 Å². The fourth-order valence-corrected chi connectivity index (χ4v) is 3.19. The maximum Gasteiger partial charge on any atom is 0.260 e. The standard InChI is InChI=1S/C18H15FN2O2S/c1-11-4-9-14(17(22)20-11)18(23)21-16(15-3-2-10-24-15)12-5-7-13(19)8-6-12/h2-10,16H,1H3,(H,20,22)(H,21,23). The predicted octanol–water partition coefficient (Wildman–Crippen LogP) is 3.40. The van der Waals surface area contributed by atoms with Crippen molar-refractivity contribution in [3.8, 4) is 0 Å². The van der Waals surface area contributed by atoms with Crippen molar-refractivity contribution < 1.29 is 9.18 Å². The zero-order valence-corrected chi connectivity index (χ0v) is 13.7. The van der Waals surface area contributed by atoms with E-state index in [9.17, 15) is 14.0 Å². The number of thiophene rings is 1. The summed E-state index contributed by atoms with van der Waals surface area (Å²) in [5, 5.41) is 4.76. The Morgan fingerprint density at radius 1 is 1.17 bits per heavy atom. The number of benzene rings is 1. The van der Waals surface area contributed by atoms with E-state index in [4.69, 9.17) is 0 Å². The van der Waals surface area contributed by atoms with Crippen molar-refractivity contribution >= 4 is 17.2 Å². The molecule has 2 aromatic heterocycles. The van der Waals surface area contributed by atoms with Gasteiger partial charge in [-0.3, -0.25) is 9.59 Å². The van der Waals surface area contributed by atoms with E-state index < -0.39 is 17.5 Å². The van der Waals surface area contributed by atoms with E-state index in [0.29, 0.717) is 5.69 Å². The molecule has 0 bridgehead atoms. The molecule has 0 aliphatic carbocycles. The number of carbonyl (C=O) groups is 1. The van der Waals surface area contributed by atoms with Crippen LogP contribution in [0.3, 0.4) is 0 Å². The van der Waals surface area contributed by atoms with Crippen LogP contribution in [-0.4, -0.2) is 10.9 Å². The number of aromatic amines is 1. The van der Waals surface area contributed by atoms with Crippen LogP contribution < -0.4 is 10.9 Å². The minimum atomic E-state index is -0.473. The highest BCUT2D eigenvalue weighted by Crippen LogP contribution is 2.26. The molecule has 2 heterocycles. The van der Waals surface area contributed by atoms with Gasteiger partial charge < -0.3 is 10.3 Å². The van der Waals surface area contributed by atoms with Crippen molar-refractivity contribution in [3.63, 3.8) is 0 Å². The van der Waals surface area contributed by atoms with Gasteiger partial charge in [0.2, 0.25) is 0 Å². The van der Waals surface area contributed by atoms with Gasteiger partial charge in [-0.25, -0.2) is 4.39 Å². The fourth-order valence-electron chi connectivity index (χ4n) is 2.39. The molecule has 0 radical (unpaired) electrons. The van der Waals surface area contributed by atoms with E-state index in [1.807, 2.05) is 17.5 Å². The lowest BCUT2D eigenvalue weighted by Gasteiger charge is -2.18. The van der Waals surface area contributed by atoms with Crippen LogP contribution in [0.25, 0.3) is 0 Å². The molecule has 0 aliphatic heterocycles. The molecule has 1 aromatic carbocycles. The van der Waals surface area contributed by atoms with E-state index in [-0.39, 0.29) is 11.4 Å². The number of aryl methyl sites for hydroxylation is 1. The van der Waals surface area contributed by atoms with E-state index in [1.165, 1.54) is 29.5 Å². The van der Waals surface area contributed by atoms with Gasteiger partial charge in [0, 0.05) is 10.6 Å². The summed E-state index contributed by atoms with van der Waals surface area (Å²) in [5.41, 5.74) is 1.04. The molecule has 1 atom stereocenters. The molecule has 122 valence electrons. The molecule has 1 unspecified atom stereocenters. The van der Waals surface area contributed by atoms with E-state index in [0.717, 1.165) is 10.4 Å². The smallest absolute Gasteiger partial charge is 0.260 e. The van der Waals surface area contributed by atoms with Crippen LogP contribution in [0.4, 0.5) is 4.39 Å². The Labute approximate surface area is 142 Å². The Morgan fingerprint density at radius 2 is 1.92 bits per heavy atom. The van der Waals surface area contributed by atoms with Gasteiger partial charge in [0.15, 0.2) is 0 Å². The Bertz CT molecular complexity index is 902. The van der Waals surface area contributed by atoms with Crippen LogP contribution in [0.1, 0.15) is 32.5 Å². The Balaban J connectivity index is 1.93. The van der Waals surface area contributed by atoms with E-state index in [2.05, 4.69) is 10.3 Å². The zero-order chi connectivity index (χ0) is 17.1. The quantitative estimate of drug-likeness (QED) is 0.763. The predicted molar refractivity (Wildman–Crippen MR) is 91.8 cm³/mol. The van der Waals surface area contributed by atoms with Crippen LogP contribution in [-0.2, 0) is 0 Å². The second-order valence-electron chi connectivity index (χ2n) is 5.36. The lowest BCUT2D eigenvalue weighted by atomic mass is 10.0. The van der Waals surface area contributed by atoms with E-state index in [1.54, 1.807) is 25.1 Å². The average Bonchev–Trinajstić information content (AvgIpc) is 3.07. The van der Waals surface area contributed by atoms with Crippen LogP contribution in [0, 0.1) is 12.7 Å². The molecule has 6 heteroatoms. The van der Waals surface area contributed by atoms with Gasteiger partial charge in [-0.05, 0) is 48.2 Å². The number of nitrogens with one attached hydrogen (secondary N) is 2. The van der Waals surface area contributed by atoms with Gasteiger partial charge in [-0.1, -0.05) is 18.2 Å². The number of H-pyrrole nitrogens is 1. The first-order valence-electron chi connectivity index (χ1n) is 7.34. The summed E-state index contributed by atoms with van der Waals surface area (Å²) >= 11 is 1.48. The van der Waals surface area contributed by atoms with Gasteiger partial charge in [-0.15, -0.1) is 11.3 Å². The third kappa shape index (κ3) is 3.44. The summed E-state index contributed by atoms with van der Waals surface area (Å²) in [6, 6.07) is 12.4. The fraction of sp³-hybridized carbons (Fsp3) is 0.111. The van der Waals surface area contributed by atoms with Crippen LogP contribution in [0.5, 0.6) is 0 Å². The molecular formula is C18H15FN2O2S. The first-order chi connectivity index (χ1) is 11.5. The maximum atomic E-state index is 13.2. The lowest BCUT2D eigenvalue weighted by molar-refractivity contribution is 0.0942. The molecule has 4 nitrogen and oxygen atoms in total. The molecule has 24 heavy (non-hydrogen) atoms. The topological polar surface area (TPSA) is 62.0 Å².